The molecule has 0 radical (unpaired) electrons. The number of carbonyl (C=O) groups excluding carboxylic acids is 2. The van der Waals surface area contributed by atoms with Gasteiger partial charge < -0.3 is 14.8 Å². The fourth-order valence-corrected chi connectivity index (χ4v) is 3.09. The topological polar surface area (TPSA) is 67.9 Å². The van der Waals surface area contributed by atoms with E-state index in [1.807, 2.05) is 31.2 Å². The molecule has 0 aliphatic heterocycles. The first-order valence-corrected chi connectivity index (χ1v) is 9.36. The van der Waals surface area contributed by atoms with E-state index in [1.54, 1.807) is 25.3 Å². The maximum Gasteiger partial charge on any atom is 0.337 e. The SMILES string of the molecule is COC(=O)c1ccc(C)c(NC(=O)CN(Cc2ccc(OC)cc2)C2CC2)c1. The molecule has 1 aliphatic carbocycles. The van der Waals surface area contributed by atoms with E-state index >= 15 is 0 Å². The van der Waals surface area contributed by atoms with Crippen LogP contribution in [-0.2, 0) is 16.1 Å². The fourth-order valence-electron chi connectivity index (χ4n) is 3.09. The lowest BCUT2D eigenvalue weighted by molar-refractivity contribution is -0.117. The highest BCUT2D eigenvalue weighted by atomic mass is 16.5. The van der Waals surface area contributed by atoms with Crippen molar-refractivity contribution in [2.24, 2.45) is 0 Å². The molecule has 0 aromatic heterocycles. The van der Waals surface area contributed by atoms with E-state index in [4.69, 9.17) is 9.47 Å². The molecule has 2 aromatic carbocycles. The fraction of sp³-hybridized carbons (Fsp3) is 0.364. The second-order valence-electron chi connectivity index (χ2n) is 7.05. The van der Waals surface area contributed by atoms with Crippen molar-refractivity contribution in [2.75, 3.05) is 26.1 Å². The van der Waals surface area contributed by atoms with Gasteiger partial charge in [-0.25, -0.2) is 4.79 Å². The quantitative estimate of drug-likeness (QED) is 0.709. The molecule has 28 heavy (non-hydrogen) atoms. The number of hydrogen-bond acceptors (Lipinski definition) is 5. The Morgan fingerprint density at radius 3 is 2.43 bits per heavy atom. The number of amides is 1. The van der Waals surface area contributed by atoms with E-state index in [0.29, 0.717) is 30.4 Å². The maximum atomic E-state index is 12.7. The Kier molecular flexibility index (Phi) is 6.31. The summed E-state index contributed by atoms with van der Waals surface area (Å²) >= 11 is 0. The van der Waals surface area contributed by atoms with Gasteiger partial charge in [0, 0.05) is 18.3 Å². The van der Waals surface area contributed by atoms with Crippen LogP contribution in [0.5, 0.6) is 5.75 Å². The first-order valence-electron chi connectivity index (χ1n) is 9.36. The van der Waals surface area contributed by atoms with Crippen LogP contribution in [-0.4, -0.2) is 43.6 Å². The third-order valence-corrected chi connectivity index (χ3v) is 4.89. The molecule has 1 saturated carbocycles. The smallest absolute Gasteiger partial charge is 0.337 e. The molecule has 0 heterocycles. The summed E-state index contributed by atoms with van der Waals surface area (Å²) in [6.07, 6.45) is 2.22. The summed E-state index contributed by atoms with van der Waals surface area (Å²) in [4.78, 5) is 26.6. The van der Waals surface area contributed by atoms with Crippen molar-refractivity contribution in [2.45, 2.75) is 32.4 Å². The van der Waals surface area contributed by atoms with E-state index < -0.39 is 5.97 Å². The largest absolute Gasteiger partial charge is 0.497 e. The van der Waals surface area contributed by atoms with Gasteiger partial charge in [0.05, 0.1) is 26.3 Å². The predicted octanol–water partition coefficient (Wildman–Crippen LogP) is 3.39. The van der Waals surface area contributed by atoms with E-state index in [0.717, 1.165) is 29.7 Å². The number of carbonyl (C=O) groups is 2. The van der Waals surface area contributed by atoms with Crippen molar-refractivity contribution >= 4 is 17.6 Å². The van der Waals surface area contributed by atoms with E-state index in [-0.39, 0.29) is 5.91 Å². The third-order valence-electron chi connectivity index (χ3n) is 4.89. The highest BCUT2D eigenvalue weighted by Gasteiger charge is 2.30. The molecule has 0 unspecified atom stereocenters. The number of ether oxygens (including phenoxy) is 2. The molecule has 6 nitrogen and oxygen atoms in total. The van der Waals surface area contributed by atoms with Crippen LogP contribution in [0, 0.1) is 6.92 Å². The number of aryl methyl sites for hydroxylation is 1. The molecular weight excluding hydrogens is 356 g/mol. The number of hydrogen-bond donors (Lipinski definition) is 1. The lowest BCUT2D eigenvalue weighted by Crippen LogP contribution is -2.34. The van der Waals surface area contributed by atoms with Crippen LogP contribution in [0.15, 0.2) is 42.5 Å². The molecule has 0 atom stereocenters. The second-order valence-corrected chi connectivity index (χ2v) is 7.05. The van der Waals surface area contributed by atoms with Gasteiger partial charge in [-0.1, -0.05) is 18.2 Å². The Morgan fingerprint density at radius 2 is 1.82 bits per heavy atom. The van der Waals surface area contributed by atoms with Gasteiger partial charge in [0.1, 0.15) is 5.75 Å². The molecule has 0 saturated heterocycles. The molecule has 6 heteroatoms. The Hall–Kier alpha value is -2.86. The highest BCUT2D eigenvalue weighted by Crippen LogP contribution is 2.28. The van der Waals surface area contributed by atoms with Crippen molar-refractivity contribution in [1.29, 1.82) is 0 Å². The van der Waals surface area contributed by atoms with Crippen LogP contribution in [0.1, 0.15) is 34.3 Å². The van der Waals surface area contributed by atoms with Crippen LogP contribution < -0.4 is 10.1 Å². The lowest BCUT2D eigenvalue weighted by Gasteiger charge is -2.22. The zero-order chi connectivity index (χ0) is 20.1. The molecule has 0 bridgehead atoms. The van der Waals surface area contributed by atoms with Gasteiger partial charge in [-0.3, -0.25) is 9.69 Å². The van der Waals surface area contributed by atoms with Crippen molar-refractivity contribution < 1.29 is 19.1 Å². The van der Waals surface area contributed by atoms with Crippen LogP contribution >= 0.6 is 0 Å². The molecule has 1 N–H and O–H groups in total. The normalized spacial score (nSPS) is 13.3. The zero-order valence-electron chi connectivity index (χ0n) is 16.5. The number of benzene rings is 2. The molecule has 1 fully saturated rings. The summed E-state index contributed by atoms with van der Waals surface area (Å²) in [6.45, 7) is 2.91. The average Bonchev–Trinajstić information content (AvgIpc) is 3.54. The minimum Gasteiger partial charge on any atom is -0.497 e. The summed E-state index contributed by atoms with van der Waals surface area (Å²) in [5.74, 6) is 0.306. The van der Waals surface area contributed by atoms with Gasteiger partial charge in [-0.05, 0) is 55.2 Å². The van der Waals surface area contributed by atoms with Gasteiger partial charge in [0.15, 0.2) is 0 Å². The monoisotopic (exact) mass is 382 g/mol. The number of nitrogens with one attached hydrogen (secondary N) is 1. The summed E-state index contributed by atoms with van der Waals surface area (Å²) in [5, 5.41) is 2.94. The van der Waals surface area contributed by atoms with Gasteiger partial charge in [-0.2, -0.15) is 0 Å². The Labute approximate surface area is 165 Å². The van der Waals surface area contributed by atoms with Gasteiger partial charge in [-0.15, -0.1) is 0 Å². The van der Waals surface area contributed by atoms with E-state index in [9.17, 15) is 9.59 Å². The zero-order valence-corrected chi connectivity index (χ0v) is 16.5. The van der Waals surface area contributed by atoms with Crippen molar-refractivity contribution in [3.8, 4) is 5.75 Å². The average molecular weight is 382 g/mol. The summed E-state index contributed by atoms with van der Waals surface area (Å²) in [5.41, 5.74) is 3.09. The summed E-state index contributed by atoms with van der Waals surface area (Å²) < 4.78 is 9.95. The number of nitrogens with zero attached hydrogens (tertiary/aromatic N) is 1. The first kappa shape index (κ1) is 19.9. The molecule has 0 spiro atoms. The maximum absolute atomic E-state index is 12.7. The van der Waals surface area contributed by atoms with Crippen molar-refractivity contribution in [1.82, 2.24) is 4.90 Å². The van der Waals surface area contributed by atoms with Crippen molar-refractivity contribution in [3.05, 3.63) is 59.2 Å². The minimum atomic E-state index is -0.422. The molecule has 3 rings (SSSR count). The van der Waals surface area contributed by atoms with Crippen molar-refractivity contribution in [3.63, 3.8) is 0 Å². The first-order chi connectivity index (χ1) is 13.5. The Balaban J connectivity index is 1.65. The Bertz CT molecular complexity index is 844. The molecule has 1 amide bonds. The molecule has 1 aliphatic rings. The Morgan fingerprint density at radius 1 is 1.11 bits per heavy atom. The predicted molar refractivity (Wildman–Crippen MR) is 108 cm³/mol. The van der Waals surface area contributed by atoms with Gasteiger partial charge in [0.25, 0.3) is 0 Å². The third kappa shape index (κ3) is 5.10. The van der Waals surface area contributed by atoms with Crippen LogP contribution in [0.3, 0.4) is 0 Å². The van der Waals surface area contributed by atoms with Crippen LogP contribution in [0.25, 0.3) is 0 Å². The van der Waals surface area contributed by atoms with Gasteiger partial charge >= 0.3 is 5.97 Å². The standard InChI is InChI=1S/C22H26N2O4/c1-15-4-7-17(22(26)28-3)12-20(15)23-21(25)14-24(18-8-9-18)13-16-5-10-19(27-2)11-6-16/h4-7,10-12,18H,8-9,13-14H2,1-3H3,(H,23,25). The number of methoxy groups -OCH3 is 2. The molecular formula is C22H26N2O4. The molecule has 148 valence electrons. The number of rotatable bonds is 8. The highest BCUT2D eigenvalue weighted by molar-refractivity contribution is 5.96. The minimum absolute atomic E-state index is 0.0921. The van der Waals surface area contributed by atoms with E-state index in [1.165, 1.54) is 7.11 Å². The van der Waals surface area contributed by atoms with Crippen LogP contribution in [0.4, 0.5) is 5.69 Å². The lowest BCUT2D eigenvalue weighted by atomic mass is 10.1. The van der Waals surface area contributed by atoms with E-state index in [2.05, 4.69) is 10.2 Å². The van der Waals surface area contributed by atoms with Crippen LogP contribution in [0.2, 0.25) is 0 Å². The number of esters is 1. The van der Waals surface area contributed by atoms with Gasteiger partial charge in [0.2, 0.25) is 5.91 Å². The summed E-state index contributed by atoms with van der Waals surface area (Å²) in [6, 6.07) is 13.5. The summed E-state index contributed by atoms with van der Waals surface area (Å²) in [7, 11) is 2.99. The number of anilines is 1. The molecule has 2 aromatic rings. The second kappa shape index (κ2) is 8.89.